The minimum absolute atomic E-state index is 0.134. The molecule has 174 valence electrons. The molecule has 2 aliphatic heterocycles. The first-order chi connectivity index (χ1) is 15.9. The van der Waals surface area contributed by atoms with Crippen LogP contribution in [-0.2, 0) is 4.79 Å². The van der Waals surface area contributed by atoms with Gasteiger partial charge in [-0.05, 0) is 31.3 Å². The molecule has 0 radical (unpaired) electrons. The summed E-state index contributed by atoms with van der Waals surface area (Å²) in [4.78, 5) is 25.2. The Bertz CT molecular complexity index is 1080. The maximum absolute atomic E-state index is 12.8. The van der Waals surface area contributed by atoms with Crippen LogP contribution in [0.15, 0.2) is 56.9 Å². The van der Waals surface area contributed by atoms with Crippen molar-refractivity contribution in [1.82, 2.24) is 4.90 Å². The van der Waals surface area contributed by atoms with Gasteiger partial charge in [0.25, 0.3) is 0 Å². The van der Waals surface area contributed by atoms with E-state index in [0.29, 0.717) is 17.2 Å². The Kier molecular flexibility index (Phi) is 7.41. The lowest BCUT2D eigenvalue weighted by atomic mass is 9.99. The summed E-state index contributed by atoms with van der Waals surface area (Å²) >= 11 is 4.92. The van der Waals surface area contributed by atoms with E-state index in [2.05, 4.69) is 33.2 Å². The Hall–Kier alpha value is -2.36. The molecule has 1 spiro atoms. The molecule has 4 rings (SSSR count). The fraction of sp³-hybridized carbons (Fsp3) is 0.375. The van der Waals surface area contributed by atoms with E-state index in [1.54, 1.807) is 32.4 Å². The van der Waals surface area contributed by atoms with E-state index >= 15 is 0 Å². The minimum Gasteiger partial charge on any atom is -0.497 e. The molecule has 1 N–H and O–H groups in total. The van der Waals surface area contributed by atoms with Crippen molar-refractivity contribution in [1.29, 1.82) is 0 Å². The molecule has 7 nitrogen and oxygen atoms in total. The van der Waals surface area contributed by atoms with Crippen molar-refractivity contribution in [3.63, 3.8) is 0 Å². The average molecular weight is 531 g/mol. The number of aliphatic imine (C=N–C) groups is 2. The highest BCUT2D eigenvalue weighted by atomic mass is 79.9. The predicted molar refractivity (Wildman–Crippen MR) is 138 cm³/mol. The molecular weight excluding hydrogens is 504 g/mol. The zero-order chi connectivity index (χ0) is 23.4. The fourth-order valence-corrected chi connectivity index (χ4v) is 4.98. The third-order valence-electron chi connectivity index (χ3n) is 5.76. The van der Waals surface area contributed by atoms with Gasteiger partial charge in [0.15, 0.2) is 5.66 Å². The summed E-state index contributed by atoms with van der Waals surface area (Å²) in [6.07, 6.45) is 1.76. The molecule has 0 saturated carbocycles. The number of methoxy groups -OCH3 is 2. The first kappa shape index (κ1) is 23.8. The standard InChI is InChI=1S/C24H27BrN4O3S/c1-29-12-10-24(11-13-29)27-22(16-4-6-17(25)7-5-16)23(28-24)33-15-21(30)26-19-9-8-18(31-2)14-20(19)32-3/h4-9,14H,10-13,15H2,1-3H3,(H,26,30). The smallest absolute Gasteiger partial charge is 0.234 e. The normalized spacial score (nSPS) is 17.5. The lowest BCUT2D eigenvalue weighted by molar-refractivity contribution is -0.113. The summed E-state index contributed by atoms with van der Waals surface area (Å²) in [6.45, 7) is 1.91. The Morgan fingerprint density at radius 3 is 2.52 bits per heavy atom. The van der Waals surface area contributed by atoms with Crippen molar-refractivity contribution >= 4 is 50.0 Å². The quantitative estimate of drug-likeness (QED) is 0.596. The van der Waals surface area contributed by atoms with Crippen LogP contribution in [0.3, 0.4) is 0 Å². The minimum atomic E-state index is -0.424. The summed E-state index contributed by atoms with van der Waals surface area (Å²) < 4.78 is 11.6. The molecule has 2 heterocycles. The average Bonchev–Trinajstić information content (AvgIpc) is 3.18. The van der Waals surface area contributed by atoms with Crippen LogP contribution in [0.2, 0.25) is 0 Å². The summed E-state index contributed by atoms with van der Waals surface area (Å²) in [6, 6.07) is 13.4. The molecule has 2 aromatic rings. The zero-order valence-corrected chi connectivity index (χ0v) is 21.3. The number of benzene rings is 2. The van der Waals surface area contributed by atoms with Crippen molar-refractivity contribution in [2.75, 3.05) is 45.4 Å². The van der Waals surface area contributed by atoms with Crippen LogP contribution < -0.4 is 14.8 Å². The second-order valence-corrected chi connectivity index (χ2v) is 9.95. The molecule has 0 aromatic heterocycles. The van der Waals surface area contributed by atoms with Crippen molar-refractivity contribution < 1.29 is 14.3 Å². The fourth-order valence-electron chi connectivity index (χ4n) is 3.84. The first-order valence-corrected chi connectivity index (χ1v) is 12.5. The van der Waals surface area contributed by atoms with E-state index in [9.17, 15) is 4.79 Å². The first-order valence-electron chi connectivity index (χ1n) is 10.7. The molecule has 2 aliphatic rings. The maximum atomic E-state index is 12.8. The van der Waals surface area contributed by atoms with Gasteiger partial charge in [0.05, 0.1) is 31.4 Å². The van der Waals surface area contributed by atoms with Crippen molar-refractivity contribution in [3.05, 3.63) is 52.5 Å². The molecule has 0 unspecified atom stereocenters. The van der Waals surface area contributed by atoms with Gasteiger partial charge in [-0.15, -0.1) is 0 Å². The van der Waals surface area contributed by atoms with Crippen molar-refractivity contribution in [2.45, 2.75) is 18.5 Å². The Morgan fingerprint density at radius 2 is 1.85 bits per heavy atom. The number of nitrogens with one attached hydrogen (secondary N) is 1. The van der Waals surface area contributed by atoms with Gasteiger partial charge >= 0.3 is 0 Å². The number of nitrogens with zero attached hydrogens (tertiary/aromatic N) is 3. The van der Waals surface area contributed by atoms with Gasteiger partial charge in [-0.1, -0.05) is 39.8 Å². The van der Waals surface area contributed by atoms with Crippen LogP contribution in [0.4, 0.5) is 5.69 Å². The Morgan fingerprint density at radius 1 is 1.12 bits per heavy atom. The van der Waals surface area contributed by atoms with E-state index < -0.39 is 5.66 Å². The number of carbonyl (C=O) groups is 1. The maximum Gasteiger partial charge on any atom is 0.234 e. The van der Waals surface area contributed by atoms with Gasteiger partial charge in [-0.25, -0.2) is 4.99 Å². The van der Waals surface area contributed by atoms with E-state index in [1.165, 1.54) is 11.8 Å². The molecule has 1 amide bonds. The van der Waals surface area contributed by atoms with Crippen LogP contribution in [0.5, 0.6) is 11.5 Å². The van der Waals surface area contributed by atoms with Crippen LogP contribution in [-0.4, -0.2) is 67.3 Å². The van der Waals surface area contributed by atoms with Gasteiger partial charge in [-0.2, -0.15) is 0 Å². The van der Waals surface area contributed by atoms with Gasteiger partial charge in [-0.3, -0.25) is 9.79 Å². The predicted octanol–water partition coefficient (Wildman–Crippen LogP) is 4.46. The molecule has 0 aliphatic carbocycles. The second kappa shape index (κ2) is 10.3. The van der Waals surface area contributed by atoms with Crippen molar-refractivity contribution in [2.24, 2.45) is 9.98 Å². The summed E-state index contributed by atoms with van der Waals surface area (Å²) in [7, 11) is 5.28. The number of amides is 1. The Labute approximate surface area is 206 Å². The summed E-state index contributed by atoms with van der Waals surface area (Å²) in [5.41, 5.74) is 2.06. The molecule has 1 saturated heterocycles. The van der Waals surface area contributed by atoms with E-state index in [4.69, 9.17) is 19.5 Å². The summed E-state index contributed by atoms with van der Waals surface area (Å²) in [5.74, 6) is 1.30. The lowest BCUT2D eigenvalue weighted by Crippen LogP contribution is -2.39. The lowest BCUT2D eigenvalue weighted by Gasteiger charge is -2.33. The van der Waals surface area contributed by atoms with Crippen LogP contribution in [0, 0.1) is 0 Å². The van der Waals surface area contributed by atoms with Gasteiger partial charge in [0, 0.05) is 42.0 Å². The SMILES string of the molecule is COc1ccc(NC(=O)CSC2=NC3(CCN(C)CC3)N=C2c2ccc(Br)cc2)c(OC)c1. The van der Waals surface area contributed by atoms with E-state index in [1.807, 2.05) is 24.3 Å². The number of halogens is 1. The topological polar surface area (TPSA) is 75.5 Å². The van der Waals surface area contributed by atoms with E-state index in [0.717, 1.165) is 46.7 Å². The van der Waals surface area contributed by atoms with Crippen LogP contribution in [0.25, 0.3) is 0 Å². The van der Waals surface area contributed by atoms with E-state index in [-0.39, 0.29) is 11.7 Å². The largest absolute Gasteiger partial charge is 0.497 e. The highest BCUT2D eigenvalue weighted by molar-refractivity contribution is 9.10. The number of piperidine rings is 1. The van der Waals surface area contributed by atoms with Gasteiger partial charge in [0.1, 0.15) is 16.5 Å². The number of likely N-dealkylation sites (tertiary alicyclic amines) is 1. The highest BCUT2D eigenvalue weighted by Crippen LogP contribution is 2.36. The molecule has 33 heavy (non-hydrogen) atoms. The molecule has 9 heteroatoms. The molecule has 1 fully saturated rings. The number of hydrogen-bond donors (Lipinski definition) is 1. The van der Waals surface area contributed by atoms with Crippen LogP contribution >= 0.6 is 27.7 Å². The Balaban J connectivity index is 1.50. The number of ether oxygens (including phenoxy) is 2. The zero-order valence-electron chi connectivity index (χ0n) is 18.9. The van der Waals surface area contributed by atoms with Gasteiger partial charge < -0.3 is 19.7 Å². The number of thioether (sulfide) groups is 1. The third kappa shape index (κ3) is 5.59. The van der Waals surface area contributed by atoms with Crippen LogP contribution in [0.1, 0.15) is 18.4 Å². The van der Waals surface area contributed by atoms with Gasteiger partial charge in [0.2, 0.25) is 5.91 Å². The number of rotatable bonds is 6. The second-order valence-electron chi connectivity index (χ2n) is 8.07. The third-order valence-corrected chi connectivity index (χ3v) is 7.25. The summed E-state index contributed by atoms with van der Waals surface area (Å²) in [5, 5.41) is 3.75. The number of carbonyl (C=O) groups excluding carboxylic acids is 1. The molecule has 0 atom stereocenters. The number of hydrogen-bond acceptors (Lipinski definition) is 7. The molecule has 0 bridgehead atoms. The highest BCUT2D eigenvalue weighted by Gasteiger charge is 2.39. The molecular formula is C24H27BrN4O3S. The number of anilines is 1. The molecule has 2 aromatic carbocycles. The van der Waals surface area contributed by atoms with Crippen molar-refractivity contribution in [3.8, 4) is 11.5 Å². The monoisotopic (exact) mass is 530 g/mol.